The monoisotopic (exact) mass is 414 g/mol. The van der Waals surface area contributed by atoms with Crippen LogP contribution in [0, 0.1) is 29.1 Å². The lowest BCUT2D eigenvalue weighted by molar-refractivity contribution is 0.103. The van der Waals surface area contributed by atoms with Crippen LogP contribution in [0.15, 0.2) is 65.3 Å². The van der Waals surface area contributed by atoms with E-state index < -0.39 is 40.4 Å². The molecule has 0 unspecified atom stereocenters. The minimum atomic E-state index is -2.25. The Bertz CT molecular complexity index is 1210. The maximum atomic E-state index is 14.5. The van der Waals surface area contributed by atoms with Crippen LogP contribution in [0.3, 0.4) is 0 Å². The van der Waals surface area contributed by atoms with Crippen LogP contribution in [0.5, 0.6) is 0 Å². The summed E-state index contributed by atoms with van der Waals surface area (Å²) >= 11 is 0. The zero-order valence-electron chi connectivity index (χ0n) is 15.0. The minimum absolute atomic E-state index is 0.0289. The maximum absolute atomic E-state index is 14.5. The van der Waals surface area contributed by atoms with Crippen molar-refractivity contribution in [1.82, 2.24) is 4.98 Å². The topological polar surface area (TPSA) is 45.2 Å². The van der Waals surface area contributed by atoms with Crippen LogP contribution in [0.1, 0.15) is 27.3 Å². The number of hydrogen-bond donors (Lipinski definition) is 1. The molecule has 3 aromatic rings. The van der Waals surface area contributed by atoms with Crippen molar-refractivity contribution in [2.24, 2.45) is 4.99 Å². The van der Waals surface area contributed by atoms with Gasteiger partial charge in [0.25, 0.3) is 0 Å². The highest BCUT2D eigenvalue weighted by Gasteiger charge is 2.30. The van der Waals surface area contributed by atoms with Gasteiger partial charge in [0.15, 0.2) is 23.3 Å². The number of benzene rings is 2. The molecule has 0 atom stereocenters. The molecule has 30 heavy (non-hydrogen) atoms. The van der Waals surface area contributed by atoms with Gasteiger partial charge in [-0.2, -0.15) is 0 Å². The first-order chi connectivity index (χ1) is 14.4. The molecule has 2 heterocycles. The Balaban J connectivity index is 1.90. The molecule has 1 N–H and O–H groups in total. The number of aromatic nitrogens is 1. The summed E-state index contributed by atoms with van der Waals surface area (Å²) < 4.78 is 70.2. The van der Waals surface area contributed by atoms with Gasteiger partial charge in [-0.05, 0) is 24.3 Å². The van der Waals surface area contributed by atoms with Gasteiger partial charge in [-0.25, -0.2) is 22.0 Å². The van der Waals surface area contributed by atoms with E-state index in [9.17, 15) is 26.7 Å². The highest BCUT2D eigenvalue weighted by molar-refractivity contribution is 6.08. The first kappa shape index (κ1) is 19.5. The molecule has 1 aliphatic rings. The van der Waals surface area contributed by atoms with Gasteiger partial charge in [0.1, 0.15) is 0 Å². The summed E-state index contributed by atoms with van der Waals surface area (Å²) in [4.78, 5) is 19.3. The lowest BCUT2D eigenvalue weighted by atomic mass is 9.98. The van der Waals surface area contributed by atoms with Crippen molar-refractivity contribution in [3.8, 4) is 0 Å². The fourth-order valence-corrected chi connectivity index (χ4v) is 3.09. The van der Waals surface area contributed by atoms with Crippen molar-refractivity contribution in [1.29, 1.82) is 0 Å². The SMILES string of the molecule is O=C(c1ccccc1)c1ccc(/C(=C2/C=CC=N2)c2c(F)c(F)c(F)c(F)c2F)[nH]1. The molecular formula is C22H11F5N2O. The molecular weight excluding hydrogens is 403 g/mol. The van der Waals surface area contributed by atoms with Crippen molar-refractivity contribution >= 4 is 17.6 Å². The number of hydrogen-bond acceptors (Lipinski definition) is 2. The number of halogens is 5. The molecule has 1 aliphatic heterocycles. The Morgan fingerprint density at radius 1 is 0.767 bits per heavy atom. The van der Waals surface area contributed by atoms with Crippen molar-refractivity contribution in [3.05, 3.63) is 112 Å². The van der Waals surface area contributed by atoms with Gasteiger partial charge in [0.2, 0.25) is 11.6 Å². The van der Waals surface area contributed by atoms with Gasteiger partial charge in [-0.1, -0.05) is 30.3 Å². The quantitative estimate of drug-likeness (QED) is 0.266. The fraction of sp³-hybridized carbons (Fsp3) is 0. The lowest BCUT2D eigenvalue weighted by Gasteiger charge is -2.12. The van der Waals surface area contributed by atoms with Crippen LogP contribution < -0.4 is 0 Å². The molecule has 1 aromatic heterocycles. The van der Waals surface area contributed by atoms with Gasteiger partial charge < -0.3 is 4.98 Å². The highest BCUT2D eigenvalue weighted by atomic mass is 19.2. The van der Waals surface area contributed by atoms with Crippen LogP contribution in [0.4, 0.5) is 22.0 Å². The molecule has 0 fully saturated rings. The number of H-pyrrole nitrogens is 1. The number of nitrogens with one attached hydrogen (secondary N) is 1. The van der Waals surface area contributed by atoms with Crippen LogP contribution in [0.2, 0.25) is 0 Å². The predicted octanol–water partition coefficient (Wildman–Crippen LogP) is 5.34. The van der Waals surface area contributed by atoms with Crippen molar-refractivity contribution in [2.45, 2.75) is 0 Å². The Morgan fingerprint density at radius 3 is 1.97 bits per heavy atom. The number of nitrogens with zero attached hydrogens (tertiary/aromatic N) is 1. The normalized spacial score (nSPS) is 14.4. The highest BCUT2D eigenvalue weighted by Crippen LogP contribution is 2.35. The average Bonchev–Trinajstić information content (AvgIpc) is 3.46. The molecule has 2 aromatic carbocycles. The summed E-state index contributed by atoms with van der Waals surface area (Å²) in [6.45, 7) is 0. The second-order valence-corrected chi connectivity index (χ2v) is 6.32. The minimum Gasteiger partial charge on any atom is -0.352 e. The first-order valence-electron chi connectivity index (χ1n) is 8.66. The summed E-state index contributed by atoms with van der Waals surface area (Å²) in [7, 11) is 0. The molecule has 0 saturated heterocycles. The van der Waals surface area contributed by atoms with Crippen molar-refractivity contribution in [3.63, 3.8) is 0 Å². The molecule has 0 aliphatic carbocycles. The second kappa shape index (κ2) is 7.55. The van der Waals surface area contributed by atoms with Gasteiger partial charge in [0, 0.05) is 23.0 Å². The fourth-order valence-electron chi connectivity index (χ4n) is 3.09. The Kier molecular flexibility index (Phi) is 4.91. The summed E-state index contributed by atoms with van der Waals surface area (Å²) in [5.74, 6) is -10.8. The van der Waals surface area contributed by atoms with E-state index >= 15 is 0 Å². The Hall–Kier alpha value is -3.81. The van der Waals surface area contributed by atoms with Gasteiger partial charge in [-0.3, -0.25) is 9.79 Å². The number of carbonyl (C=O) groups excluding carboxylic acids is 1. The largest absolute Gasteiger partial charge is 0.352 e. The summed E-state index contributed by atoms with van der Waals surface area (Å²) in [6, 6.07) is 10.9. The number of carbonyl (C=O) groups is 1. The Morgan fingerprint density at radius 2 is 1.37 bits per heavy atom. The molecule has 3 nitrogen and oxygen atoms in total. The van der Waals surface area contributed by atoms with Crippen molar-refractivity contribution < 1.29 is 26.7 Å². The predicted molar refractivity (Wildman–Crippen MR) is 101 cm³/mol. The van der Waals surface area contributed by atoms with Gasteiger partial charge >= 0.3 is 0 Å². The number of rotatable bonds is 4. The standard InChI is InChI=1S/C22H11F5N2O/c23-17-16(18(24)20(26)21(27)19(17)25)15(12-7-4-10-28-12)13-8-9-14(29-13)22(30)11-5-2-1-3-6-11/h1-10,29H/b15-12+. The van der Waals surface area contributed by atoms with E-state index in [1.165, 1.54) is 30.5 Å². The Labute approximate surface area is 166 Å². The zero-order chi connectivity index (χ0) is 21.4. The van der Waals surface area contributed by atoms with Crippen LogP contribution in [-0.2, 0) is 0 Å². The van der Waals surface area contributed by atoms with E-state index in [0.29, 0.717) is 5.56 Å². The molecule has 8 heteroatoms. The zero-order valence-corrected chi connectivity index (χ0v) is 15.0. The molecule has 0 bridgehead atoms. The van der Waals surface area contributed by atoms with Crippen LogP contribution >= 0.6 is 0 Å². The second-order valence-electron chi connectivity index (χ2n) is 6.32. The molecule has 0 saturated carbocycles. The molecule has 4 rings (SSSR count). The third-order valence-corrected chi connectivity index (χ3v) is 4.51. The third kappa shape index (κ3) is 3.16. The maximum Gasteiger partial charge on any atom is 0.209 e. The number of ketones is 1. The van der Waals surface area contributed by atoms with Crippen LogP contribution in [-0.4, -0.2) is 17.0 Å². The van der Waals surface area contributed by atoms with E-state index in [2.05, 4.69) is 9.98 Å². The molecule has 0 radical (unpaired) electrons. The van der Waals surface area contributed by atoms with Crippen LogP contribution in [0.25, 0.3) is 5.57 Å². The van der Waals surface area contributed by atoms with Gasteiger partial charge in [-0.15, -0.1) is 0 Å². The van der Waals surface area contributed by atoms with E-state index in [4.69, 9.17) is 0 Å². The number of aromatic amines is 1. The first-order valence-corrected chi connectivity index (χ1v) is 8.66. The summed E-state index contributed by atoms with van der Waals surface area (Å²) in [5.41, 5.74) is -1.13. The average molecular weight is 414 g/mol. The molecule has 150 valence electrons. The number of aliphatic imine (C=N–C) groups is 1. The molecule has 0 amide bonds. The smallest absolute Gasteiger partial charge is 0.209 e. The summed E-state index contributed by atoms with van der Waals surface area (Å²) in [6.07, 6.45) is 4.10. The van der Waals surface area contributed by atoms with E-state index in [1.807, 2.05) is 0 Å². The third-order valence-electron chi connectivity index (χ3n) is 4.51. The lowest BCUT2D eigenvalue weighted by Crippen LogP contribution is -2.09. The van der Waals surface area contributed by atoms with E-state index in [-0.39, 0.29) is 22.7 Å². The number of allylic oxidation sites excluding steroid dienone is 2. The van der Waals surface area contributed by atoms with Crippen molar-refractivity contribution in [2.75, 3.05) is 0 Å². The van der Waals surface area contributed by atoms with E-state index in [0.717, 1.165) is 0 Å². The molecule has 0 spiro atoms. The summed E-state index contributed by atoms with van der Waals surface area (Å²) in [5, 5.41) is 0. The van der Waals surface area contributed by atoms with Gasteiger partial charge in [0.05, 0.1) is 17.0 Å². The van der Waals surface area contributed by atoms with E-state index in [1.54, 1.807) is 30.3 Å².